The summed E-state index contributed by atoms with van der Waals surface area (Å²) in [6.07, 6.45) is -2.13. The van der Waals surface area contributed by atoms with Gasteiger partial charge in [-0.3, -0.25) is 15.1 Å². The number of aromatic nitrogens is 1. The molecule has 7 heteroatoms. The van der Waals surface area contributed by atoms with Gasteiger partial charge in [-0.1, -0.05) is 0 Å². The third-order valence-electron chi connectivity index (χ3n) is 1.54. The highest BCUT2D eigenvalue weighted by Gasteiger charge is 2.22. The third-order valence-corrected chi connectivity index (χ3v) is 1.81. The van der Waals surface area contributed by atoms with Crippen molar-refractivity contribution in [3.8, 4) is 0 Å². The van der Waals surface area contributed by atoms with E-state index in [-0.39, 0.29) is 11.6 Å². The zero-order valence-corrected chi connectivity index (χ0v) is 7.54. The van der Waals surface area contributed by atoms with Gasteiger partial charge in [-0.2, -0.15) is 0 Å². The first-order chi connectivity index (χ1) is 6.56. The molecule has 4 nitrogen and oxygen atoms in total. The Labute approximate surface area is 82.7 Å². The lowest BCUT2D eigenvalue weighted by Gasteiger charge is -2.01. The van der Waals surface area contributed by atoms with Crippen molar-refractivity contribution < 1.29 is 13.7 Å². The molecule has 0 radical (unpaired) electrons. The Bertz CT molecular complexity index is 360. The molecule has 1 aromatic heterocycles. The highest BCUT2D eigenvalue weighted by molar-refractivity contribution is 6.16. The van der Waals surface area contributed by atoms with Gasteiger partial charge in [0, 0.05) is 12.3 Å². The molecule has 0 fully saturated rings. The fourth-order valence-electron chi connectivity index (χ4n) is 0.896. The fraction of sp³-hybridized carbons (Fsp3) is 0.286. The van der Waals surface area contributed by atoms with E-state index >= 15 is 0 Å². The monoisotopic (exact) mass is 222 g/mol. The maximum Gasteiger partial charge on any atom is 0.281 e. The standard InChI is InChI=1S/C7H5ClF2N2O2/c8-2-4-1-6(12(13)14)5(3-11-4)7(9)10/h1,3,7H,2H2. The molecular weight excluding hydrogens is 218 g/mol. The minimum absolute atomic E-state index is 0.0512. The van der Waals surface area contributed by atoms with Crippen LogP contribution in [0.5, 0.6) is 0 Å². The molecular formula is C7H5ClF2N2O2. The smallest absolute Gasteiger partial charge is 0.259 e. The van der Waals surface area contributed by atoms with Gasteiger partial charge in [0.1, 0.15) is 5.56 Å². The molecule has 0 unspecified atom stereocenters. The molecule has 0 saturated heterocycles. The Kier molecular flexibility index (Phi) is 3.29. The maximum atomic E-state index is 12.2. The SMILES string of the molecule is O=[N+]([O-])c1cc(CCl)ncc1C(F)F. The summed E-state index contributed by atoms with van der Waals surface area (Å²) in [4.78, 5) is 13.1. The molecule has 0 aliphatic carbocycles. The van der Waals surface area contributed by atoms with Crippen LogP contribution in [0.1, 0.15) is 17.7 Å². The molecule has 0 saturated carbocycles. The number of halogens is 3. The minimum Gasteiger partial charge on any atom is -0.259 e. The number of pyridine rings is 1. The van der Waals surface area contributed by atoms with E-state index < -0.39 is 22.6 Å². The lowest BCUT2D eigenvalue weighted by molar-refractivity contribution is -0.386. The normalized spacial score (nSPS) is 10.6. The Morgan fingerprint density at radius 2 is 2.29 bits per heavy atom. The van der Waals surface area contributed by atoms with Crippen LogP contribution >= 0.6 is 11.6 Å². The number of hydrogen-bond acceptors (Lipinski definition) is 3. The van der Waals surface area contributed by atoms with Gasteiger partial charge >= 0.3 is 0 Å². The van der Waals surface area contributed by atoms with E-state index in [4.69, 9.17) is 11.6 Å². The highest BCUT2D eigenvalue weighted by Crippen LogP contribution is 2.28. The van der Waals surface area contributed by atoms with E-state index in [9.17, 15) is 18.9 Å². The number of nitro groups is 1. The van der Waals surface area contributed by atoms with E-state index in [1.54, 1.807) is 0 Å². The van der Waals surface area contributed by atoms with Crippen LogP contribution in [0.15, 0.2) is 12.3 Å². The fourth-order valence-corrected chi connectivity index (χ4v) is 1.04. The zero-order chi connectivity index (χ0) is 10.7. The lowest BCUT2D eigenvalue weighted by Crippen LogP contribution is -1.99. The summed E-state index contributed by atoms with van der Waals surface area (Å²) in [5.41, 5.74) is -1.14. The number of alkyl halides is 3. The molecule has 14 heavy (non-hydrogen) atoms. The molecule has 0 aliphatic heterocycles. The summed E-state index contributed by atoms with van der Waals surface area (Å²) < 4.78 is 24.5. The molecule has 76 valence electrons. The predicted octanol–water partition coefficient (Wildman–Crippen LogP) is 2.67. The Hall–Kier alpha value is -1.30. The van der Waals surface area contributed by atoms with Crippen molar-refractivity contribution in [2.75, 3.05) is 0 Å². The lowest BCUT2D eigenvalue weighted by atomic mass is 10.2. The van der Waals surface area contributed by atoms with Crippen molar-refractivity contribution in [2.24, 2.45) is 0 Å². The van der Waals surface area contributed by atoms with Crippen LogP contribution in [0.4, 0.5) is 14.5 Å². The van der Waals surface area contributed by atoms with Gasteiger partial charge in [0.2, 0.25) is 0 Å². The van der Waals surface area contributed by atoms with E-state index in [0.29, 0.717) is 0 Å². The van der Waals surface area contributed by atoms with Crippen molar-refractivity contribution in [1.29, 1.82) is 0 Å². The van der Waals surface area contributed by atoms with E-state index in [0.717, 1.165) is 12.3 Å². The van der Waals surface area contributed by atoms with Crippen LogP contribution < -0.4 is 0 Å². The minimum atomic E-state index is -2.91. The van der Waals surface area contributed by atoms with Crippen molar-refractivity contribution >= 4 is 17.3 Å². The molecule has 0 aromatic carbocycles. The van der Waals surface area contributed by atoms with Crippen molar-refractivity contribution in [2.45, 2.75) is 12.3 Å². The zero-order valence-electron chi connectivity index (χ0n) is 6.78. The Balaban J connectivity index is 3.24. The van der Waals surface area contributed by atoms with Gasteiger partial charge in [0.05, 0.1) is 16.5 Å². The second-order valence-corrected chi connectivity index (χ2v) is 2.69. The highest BCUT2D eigenvalue weighted by atomic mass is 35.5. The van der Waals surface area contributed by atoms with E-state index in [2.05, 4.69) is 4.98 Å². The maximum absolute atomic E-state index is 12.2. The molecule has 1 aromatic rings. The summed E-state index contributed by atoms with van der Waals surface area (Å²) in [5, 5.41) is 10.4. The Morgan fingerprint density at radius 3 is 2.71 bits per heavy atom. The quantitative estimate of drug-likeness (QED) is 0.449. The number of nitrogens with zero attached hydrogens (tertiary/aromatic N) is 2. The first-order valence-corrected chi connectivity index (χ1v) is 4.07. The molecule has 0 atom stereocenters. The van der Waals surface area contributed by atoms with Crippen LogP contribution in [0.2, 0.25) is 0 Å². The molecule has 1 heterocycles. The Morgan fingerprint density at radius 1 is 1.64 bits per heavy atom. The van der Waals surface area contributed by atoms with E-state index in [1.165, 1.54) is 0 Å². The van der Waals surface area contributed by atoms with Gasteiger partial charge in [-0.15, -0.1) is 11.6 Å². The van der Waals surface area contributed by atoms with Crippen LogP contribution in [0.3, 0.4) is 0 Å². The van der Waals surface area contributed by atoms with Gasteiger partial charge in [-0.25, -0.2) is 8.78 Å². The van der Waals surface area contributed by atoms with Crippen LogP contribution in [-0.4, -0.2) is 9.91 Å². The average Bonchev–Trinajstić information content (AvgIpc) is 2.16. The first-order valence-electron chi connectivity index (χ1n) is 3.53. The summed E-state index contributed by atoms with van der Waals surface area (Å²) in [5.74, 6) is -0.0512. The number of rotatable bonds is 3. The van der Waals surface area contributed by atoms with Crippen molar-refractivity contribution in [3.05, 3.63) is 33.6 Å². The number of hydrogen-bond donors (Lipinski definition) is 0. The van der Waals surface area contributed by atoms with Crippen LogP contribution in [-0.2, 0) is 5.88 Å². The van der Waals surface area contributed by atoms with Crippen LogP contribution in [0.25, 0.3) is 0 Å². The van der Waals surface area contributed by atoms with Gasteiger partial charge < -0.3 is 0 Å². The molecule has 0 spiro atoms. The van der Waals surface area contributed by atoms with E-state index in [1.807, 2.05) is 0 Å². The van der Waals surface area contributed by atoms with Gasteiger partial charge in [-0.05, 0) is 0 Å². The summed E-state index contributed by atoms with van der Waals surface area (Å²) in [7, 11) is 0. The second kappa shape index (κ2) is 4.28. The first kappa shape index (κ1) is 10.8. The third kappa shape index (κ3) is 2.14. The summed E-state index contributed by atoms with van der Waals surface area (Å²) in [6.45, 7) is 0. The topological polar surface area (TPSA) is 56.0 Å². The summed E-state index contributed by atoms with van der Waals surface area (Å²) >= 11 is 5.36. The molecule has 0 bridgehead atoms. The molecule has 1 rings (SSSR count). The van der Waals surface area contributed by atoms with Gasteiger partial charge in [0.25, 0.3) is 12.1 Å². The predicted molar refractivity (Wildman–Crippen MR) is 45.4 cm³/mol. The second-order valence-electron chi connectivity index (χ2n) is 2.43. The van der Waals surface area contributed by atoms with Gasteiger partial charge in [0.15, 0.2) is 0 Å². The molecule has 0 aliphatic rings. The molecule has 0 N–H and O–H groups in total. The van der Waals surface area contributed by atoms with Crippen molar-refractivity contribution in [1.82, 2.24) is 4.98 Å². The largest absolute Gasteiger partial charge is 0.281 e. The molecule has 0 amide bonds. The average molecular weight is 223 g/mol. The van der Waals surface area contributed by atoms with Crippen molar-refractivity contribution in [3.63, 3.8) is 0 Å². The summed E-state index contributed by atoms with van der Waals surface area (Å²) in [6, 6.07) is 0.953. The van der Waals surface area contributed by atoms with Crippen LogP contribution in [0, 0.1) is 10.1 Å².